The van der Waals surface area contributed by atoms with Gasteiger partial charge in [0, 0.05) is 0 Å². The Hall–Kier alpha value is -0.530. The van der Waals surface area contributed by atoms with E-state index in [1.54, 1.807) is 0 Å². The summed E-state index contributed by atoms with van der Waals surface area (Å²) in [5.74, 6) is -0.386. The van der Waals surface area contributed by atoms with Crippen LogP contribution in [0, 0.1) is 11.8 Å². The molecule has 2 heteroatoms. The van der Waals surface area contributed by atoms with Crippen LogP contribution < -0.4 is 0 Å². The Morgan fingerprint density at radius 2 is 1.37 bits per heavy atom. The van der Waals surface area contributed by atoms with Crippen LogP contribution in [-0.2, 0) is 4.79 Å². The summed E-state index contributed by atoms with van der Waals surface area (Å²) in [7, 11) is 0. The highest BCUT2D eigenvalue weighted by Gasteiger charge is 2.23. The molecule has 0 fully saturated rings. The lowest BCUT2D eigenvalue weighted by atomic mass is 9.85. The Morgan fingerprint density at radius 1 is 0.842 bits per heavy atom. The molecule has 0 spiro atoms. The van der Waals surface area contributed by atoms with Crippen LogP contribution >= 0.6 is 0 Å². The summed E-state index contributed by atoms with van der Waals surface area (Å²) in [6, 6.07) is 0. The molecule has 0 saturated carbocycles. The van der Waals surface area contributed by atoms with Gasteiger partial charge in [-0.15, -0.1) is 0 Å². The van der Waals surface area contributed by atoms with Gasteiger partial charge in [0.05, 0.1) is 5.92 Å². The quantitative estimate of drug-likeness (QED) is 0.439. The predicted molar refractivity (Wildman–Crippen MR) is 82.4 cm³/mol. The van der Waals surface area contributed by atoms with E-state index in [2.05, 4.69) is 20.8 Å². The van der Waals surface area contributed by atoms with Crippen LogP contribution in [0.1, 0.15) is 91.4 Å². The Labute approximate surface area is 120 Å². The van der Waals surface area contributed by atoms with E-state index in [9.17, 15) is 9.90 Å². The molecule has 0 amide bonds. The highest BCUT2D eigenvalue weighted by molar-refractivity contribution is 5.70. The molecule has 0 rings (SSSR count). The molecule has 0 aromatic heterocycles. The first-order chi connectivity index (χ1) is 9.13. The molecule has 0 saturated heterocycles. The van der Waals surface area contributed by atoms with Crippen molar-refractivity contribution >= 4 is 5.97 Å². The second-order valence-electron chi connectivity index (χ2n) is 5.97. The zero-order valence-corrected chi connectivity index (χ0v) is 13.3. The van der Waals surface area contributed by atoms with Crippen LogP contribution in [0.4, 0.5) is 0 Å². The number of carbonyl (C=O) groups is 1. The summed E-state index contributed by atoms with van der Waals surface area (Å²) in [5, 5.41) is 9.27. The van der Waals surface area contributed by atoms with Crippen LogP contribution in [-0.4, -0.2) is 11.1 Å². The van der Waals surface area contributed by atoms with Crippen molar-refractivity contribution < 1.29 is 9.90 Å². The highest BCUT2D eigenvalue weighted by Crippen LogP contribution is 2.24. The van der Waals surface area contributed by atoms with Gasteiger partial charge in [-0.2, -0.15) is 0 Å². The van der Waals surface area contributed by atoms with Crippen LogP contribution in [0.3, 0.4) is 0 Å². The van der Waals surface area contributed by atoms with Gasteiger partial charge < -0.3 is 5.11 Å². The van der Waals surface area contributed by atoms with Crippen LogP contribution in [0.15, 0.2) is 0 Å². The minimum Gasteiger partial charge on any atom is -0.481 e. The third kappa shape index (κ3) is 9.98. The van der Waals surface area contributed by atoms with Crippen LogP contribution in [0.5, 0.6) is 0 Å². The van der Waals surface area contributed by atoms with Crippen molar-refractivity contribution in [3.05, 3.63) is 0 Å². The smallest absolute Gasteiger partial charge is 0.306 e. The van der Waals surface area contributed by atoms with Gasteiger partial charge in [0.15, 0.2) is 0 Å². The molecule has 0 aromatic rings. The zero-order chi connectivity index (χ0) is 14.5. The minimum absolute atomic E-state index is 0.125. The van der Waals surface area contributed by atoms with Gasteiger partial charge in [0.1, 0.15) is 0 Å². The molecule has 0 radical (unpaired) electrons. The predicted octanol–water partition coefficient (Wildman–Crippen LogP) is 5.65. The lowest BCUT2D eigenvalue weighted by Gasteiger charge is -2.19. The first-order valence-electron chi connectivity index (χ1n) is 8.36. The average Bonchev–Trinajstić information content (AvgIpc) is 2.37. The topological polar surface area (TPSA) is 37.3 Å². The average molecular weight is 270 g/mol. The number of hydrogen-bond acceptors (Lipinski definition) is 1. The molecule has 0 bridgehead atoms. The molecule has 19 heavy (non-hydrogen) atoms. The van der Waals surface area contributed by atoms with Gasteiger partial charge in [-0.05, 0) is 18.8 Å². The summed E-state index contributed by atoms with van der Waals surface area (Å²) < 4.78 is 0. The lowest BCUT2D eigenvalue weighted by molar-refractivity contribution is -0.143. The monoisotopic (exact) mass is 270 g/mol. The molecular weight excluding hydrogens is 236 g/mol. The lowest BCUT2D eigenvalue weighted by Crippen LogP contribution is -2.21. The Kier molecular flexibility index (Phi) is 12.2. The molecule has 1 N–H and O–H groups in total. The van der Waals surface area contributed by atoms with E-state index in [1.807, 2.05) is 0 Å². The van der Waals surface area contributed by atoms with E-state index in [0.29, 0.717) is 5.92 Å². The third-order valence-corrected chi connectivity index (χ3v) is 4.14. The maximum atomic E-state index is 11.3. The van der Waals surface area contributed by atoms with Gasteiger partial charge >= 0.3 is 5.97 Å². The number of rotatable bonds is 13. The Bertz CT molecular complexity index is 213. The van der Waals surface area contributed by atoms with Crippen molar-refractivity contribution in [2.24, 2.45) is 11.8 Å². The number of aliphatic carboxylic acids is 1. The maximum absolute atomic E-state index is 11.3. The van der Waals surface area contributed by atoms with E-state index >= 15 is 0 Å². The van der Waals surface area contributed by atoms with Gasteiger partial charge in [-0.3, -0.25) is 4.79 Å². The second kappa shape index (κ2) is 12.5. The largest absolute Gasteiger partial charge is 0.481 e. The normalized spacial score (nSPS) is 14.3. The molecule has 114 valence electrons. The molecule has 2 nitrogen and oxygen atoms in total. The van der Waals surface area contributed by atoms with Crippen LogP contribution in [0.2, 0.25) is 0 Å². The molecule has 0 aliphatic rings. The molecule has 2 unspecified atom stereocenters. The van der Waals surface area contributed by atoms with E-state index in [1.165, 1.54) is 44.9 Å². The van der Waals surface area contributed by atoms with Gasteiger partial charge in [-0.25, -0.2) is 0 Å². The summed E-state index contributed by atoms with van der Waals surface area (Å²) in [6.07, 6.45) is 13.2. The highest BCUT2D eigenvalue weighted by atomic mass is 16.4. The van der Waals surface area contributed by atoms with Crippen molar-refractivity contribution in [2.75, 3.05) is 0 Å². The fourth-order valence-electron chi connectivity index (χ4n) is 2.70. The van der Waals surface area contributed by atoms with Gasteiger partial charge in [-0.1, -0.05) is 78.6 Å². The first-order valence-corrected chi connectivity index (χ1v) is 8.36. The number of carboxylic acids is 1. The molecule has 0 heterocycles. The summed E-state index contributed by atoms with van der Waals surface area (Å²) in [5.41, 5.74) is 0. The molecule has 0 aliphatic carbocycles. The fraction of sp³-hybridized carbons (Fsp3) is 0.941. The van der Waals surface area contributed by atoms with Crippen molar-refractivity contribution in [3.63, 3.8) is 0 Å². The number of unbranched alkanes of at least 4 members (excludes halogenated alkanes) is 7. The molecule has 2 atom stereocenters. The van der Waals surface area contributed by atoms with Gasteiger partial charge in [0.25, 0.3) is 0 Å². The first kappa shape index (κ1) is 18.5. The summed E-state index contributed by atoms with van der Waals surface area (Å²) in [4.78, 5) is 11.3. The van der Waals surface area contributed by atoms with Gasteiger partial charge in [0.2, 0.25) is 0 Å². The fourth-order valence-corrected chi connectivity index (χ4v) is 2.70. The van der Waals surface area contributed by atoms with E-state index in [4.69, 9.17) is 0 Å². The van der Waals surface area contributed by atoms with Crippen molar-refractivity contribution in [3.8, 4) is 0 Å². The van der Waals surface area contributed by atoms with E-state index < -0.39 is 5.97 Å². The molecular formula is C17H34O2. The third-order valence-electron chi connectivity index (χ3n) is 4.14. The standard InChI is InChI=1S/C17H34O2/c1-4-6-8-9-10-11-12-13-15(3)16(17(18)19)14-7-5-2/h15-16H,4-14H2,1-3H3,(H,18,19). The molecule has 0 aliphatic heterocycles. The SMILES string of the molecule is CCCCCCCCCC(C)C(CCCC)C(=O)O. The van der Waals surface area contributed by atoms with Crippen LogP contribution in [0.25, 0.3) is 0 Å². The summed E-state index contributed by atoms with van der Waals surface area (Å²) >= 11 is 0. The minimum atomic E-state index is -0.594. The van der Waals surface area contributed by atoms with E-state index in [-0.39, 0.29) is 5.92 Å². The Balaban J connectivity index is 3.68. The van der Waals surface area contributed by atoms with Crippen molar-refractivity contribution in [1.82, 2.24) is 0 Å². The summed E-state index contributed by atoms with van der Waals surface area (Å²) in [6.45, 7) is 6.48. The van der Waals surface area contributed by atoms with Crippen molar-refractivity contribution in [1.29, 1.82) is 0 Å². The number of carboxylic acid groups (broad SMARTS) is 1. The van der Waals surface area contributed by atoms with Crippen molar-refractivity contribution in [2.45, 2.75) is 91.4 Å². The molecule has 0 aromatic carbocycles. The number of hydrogen-bond donors (Lipinski definition) is 1. The Morgan fingerprint density at radius 3 is 1.89 bits per heavy atom. The zero-order valence-electron chi connectivity index (χ0n) is 13.3. The second-order valence-corrected chi connectivity index (χ2v) is 5.97. The van der Waals surface area contributed by atoms with E-state index in [0.717, 1.165) is 25.7 Å². The maximum Gasteiger partial charge on any atom is 0.306 e.